The summed E-state index contributed by atoms with van der Waals surface area (Å²) in [6.07, 6.45) is 7.58. The molecule has 0 saturated heterocycles. The molecule has 0 aliphatic heterocycles. The molecule has 1 aliphatic carbocycles. The first-order valence-corrected chi connectivity index (χ1v) is 10.2. The number of benzene rings is 2. The van der Waals surface area contributed by atoms with Gasteiger partial charge in [-0.25, -0.2) is 0 Å². The molecule has 0 bridgehead atoms. The highest BCUT2D eigenvalue weighted by Crippen LogP contribution is 2.34. The number of hydrogen-bond acceptors (Lipinski definition) is 3. The molecule has 0 atom stereocenters. The van der Waals surface area contributed by atoms with Crippen LogP contribution >= 0.6 is 0 Å². The summed E-state index contributed by atoms with van der Waals surface area (Å²) in [6, 6.07) is 18.0. The second kappa shape index (κ2) is 9.60. The molecule has 0 amide bonds. The third-order valence-electron chi connectivity index (χ3n) is 5.04. The van der Waals surface area contributed by atoms with Crippen LogP contribution in [-0.4, -0.2) is 17.8 Å². The average Bonchev–Trinajstić information content (AvgIpc) is 3.59. The predicted molar refractivity (Wildman–Crippen MR) is 116 cm³/mol. The van der Waals surface area contributed by atoms with Crippen LogP contribution in [0.5, 0.6) is 11.5 Å². The molecule has 4 rings (SSSR count). The minimum Gasteiger partial charge on any atom is -0.489 e. The van der Waals surface area contributed by atoms with Gasteiger partial charge in [0.1, 0.15) is 0 Å². The van der Waals surface area contributed by atoms with Gasteiger partial charge in [-0.2, -0.15) is 8.78 Å². The summed E-state index contributed by atoms with van der Waals surface area (Å²) in [6.45, 7) is -1.91. The van der Waals surface area contributed by atoms with Crippen LogP contribution in [-0.2, 0) is 6.54 Å². The molecule has 1 fully saturated rings. The normalized spacial score (nSPS) is 13.6. The first kappa shape index (κ1) is 20.8. The van der Waals surface area contributed by atoms with Gasteiger partial charge in [-0.05, 0) is 53.6 Å². The van der Waals surface area contributed by atoms with Gasteiger partial charge in [0.25, 0.3) is 5.56 Å². The smallest absolute Gasteiger partial charge is 0.387 e. The second-order valence-electron chi connectivity index (χ2n) is 7.58. The van der Waals surface area contributed by atoms with E-state index in [0.717, 1.165) is 29.5 Å². The van der Waals surface area contributed by atoms with Crippen LogP contribution in [0.4, 0.5) is 8.78 Å². The molecular formula is C25H23F2NO3. The Morgan fingerprint density at radius 2 is 1.71 bits per heavy atom. The highest BCUT2D eigenvalue weighted by Gasteiger charge is 2.23. The number of rotatable bonds is 9. The molecule has 31 heavy (non-hydrogen) atoms. The summed E-state index contributed by atoms with van der Waals surface area (Å²) in [5, 5.41) is 0. The van der Waals surface area contributed by atoms with Crippen LogP contribution in [0.15, 0.2) is 71.7 Å². The Balaban J connectivity index is 1.48. The Labute approximate surface area is 179 Å². The second-order valence-corrected chi connectivity index (χ2v) is 7.58. The maximum atomic E-state index is 12.7. The molecule has 0 radical (unpaired) electrons. The lowest BCUT2D eigenvalue weighted by Crippen LogP contribution is -2.19. The minimum absolute atomic E-state index is 0.0244. The zero-order chi connectivity index (χ0) is 21.6. The highest BCUT2D eigenvalue weighted by molar-refractivity contribution is 5.70. The number of pyridine rings is 1. The van der Waals surface area contributed by atoms with Crippen molar-refractivity contribution >= 4 is 12.2 Å². The van der Waals surface area contributed by atoms with E-state index in [1.807, 2.05) is 48.6 Å². The molecule has 0 unspecified atom stereocenters. The van der Waals surface area contributed by atoms with Crippen LogP contribution in [0.2, 0.25) is 0 Å². The Hall–Kier alpha value is -3.41. The molecule has 4 nitrogen and oxygen atoms in total. The van der Waals surface area contributed by atoms with Gasteiger partial charge in [-0.1, -0.05) is 48.6 Å². The molecule has 1 saturated carbocycles. The Morgan fingerprint density at radius 1 is 0.968 bits per heavy atom. The van der Waals surface area contributed by atoms with Crippen LogP contribution in [0.25, 0.3) is 12.2 Å². The van der Waals surface area contributed by atoms with Gasteiger partial charge in [-0.15, -0.1) is 0 Å². The number of alkyl halides is 2. The van der Waals surface area contributed by atoms with Gasteiger partial charge >= 0.3 is 6.61 Å². The van der Waals surface area contributed by atoms with Crippen LogP contribution in [0.3, 0.4) is 0 Å². The van der Waals surface area contributed by atoms with E-state index in [2.05, 4.69) is 4.74 Å². The number of aromatic nitrogens is 1. The van der Waals surface area contributed by atoms with Crippen molar-refractivity contribution in [1.29, 1.82) is 0 Å². The Morgan fingerprint density at radius 3 is 2.39 bits per heavy atom. The number of hydrogen-bond donors (Lipinski definition) is 0. The molecular weight excluding hydrogens is 400 g/mol. The van der Waals surface area contributed by atoms with Crippen molar-refractivity contribution in [2.75, 3.05) is 6.61 Å². The zero-order valence-electron chi connectivity index (χ0n) is 16.9. The number of ether oxygens (including phenoxy) is 2. The minimum atomic E-state index is -2.91. The maximum Gasteiger partial charge on any atom is 0.387 e. The Kier molecular flexibility index (Phi) is 6.46. The predicted octanol–water partition coefficient (Wildman–Crippen LogP) is 5.46. The van der Waals surface area contributed by atoms with E-state index in [-0.39, 0.29) is 11.3 Å². The summed E-state index contributed by atoms with van der Waals surface area (Å²) in [7, 11) is 0. The molecule has 1 heterocycles. The summed E-state index contributed by atoms with van der Waals surface area (Å²) in [5.74, 6) is 0.810. The monoisotopic (exact) mass is 423 g/mol. The van der Waals surface area contributed by atoms with E-state index in [4.69, 9.17) is 4.74 Å². The molecule has 1 aromatic heterocycles. The zero-order valence-corrected chi connectivity index (χ0v) is 16.9. The third kappa shape index (κ3) is 6.04. The van der Waals surface area contributed by atoms with Crippen molar-refractivity contribution in [3.63, 3.8) is 0 Å². The van der Waals surface area contributed by atoms with Gasteiger partial charge < -0.3 is 14.0 Å². The molecule has 0 spiro atoms. The molecule has 2 aromatic carbocycles. The van der Waals surface area contributed by atoms with Gasteiger partial charge in [0.15, 0.2) is 11.5 Å². The van der Waals surface area contributed by atoms with E-state index in [1.165, 1.54) is 6.07 Å². The van der Waals surface area contributed by atoms with Crippen LogP contribution in [0.1, 0.15) is 29.5 Å². The van der Waals surface area contributed by atoms with Crippen molar-refractivity contribution in [2.45, 2.75) is 26.0 Å². The summed E-state index contributed by atoms with van der Waals surface area (Å²) >= 11 is 0. The van der Waals surface area contributed by atoms with Crippen LogP contribution in [0, 0.1) is 5.92 Å². The van der Waals surface area contributed by atoms with Crippen molar-refractivity contribution < 1.29 is 18.3 Å². The lowest BCUT2D eigenvalue weighted by molar-refractivity contribution is -0.0515. The fourth-order valence-corrected chi connectivity index (χ4v) is 3.16. The van der Waals surface area contributed by atoms with Gasteiger partial charge in [0, 0.05) is 12.3 Å². The molecule has 1 aliphatic rings. The molecule has 3 aromatic rings. The summed E-state index contributed by atoms with van der Waals surface area (Å²) < 4.78 is 37.2. The first-order valence-electron chi connectivity index (χ1n) is 10.2. The first-order chi connectivity index (χ1) is 15.1. The van der Waals surface area contributed by atoms with Crippen molar-refractivity contribution in [2.24, 2.45) is 5.92 Å². The largest absolute Gasteiger partial charge is 0.489 e. The van der Waals surface area contributed by atoms with Gasteiger partial charge in [-0.3, -0.25) is 4.79 Å². The summed E-state index contributed by atoms with van der Waals surface area (Å²) in [5.41, 5.74) is 2.47. The average molecular weight is 423 g/mol. The van der Waals surface area contributed by atoms with Gasteiger partial charge in [0.2, 0.25) is 0 Å². The lowest BCUT2D eigenvalue weighted by Gasteiger charge is -2.12. The fourth-order valence-electron chi connectivity index (χ4n) is 3.16. The molecule has 6 heteroatoms. The number of nitrogens with zero attached hydrogens (tertiary/aromatic N) is 1. The molecule has 0 N–H and O–H groups in total. The molecule has 160 valence electrons. The maximum absolute atomic E-state index is 12.7. The third-order valence-corrected chi connectivity index (χ3v) is 5.04. The van der Waals surface area contributed by atoms with Gasteiger partial charge in [0.05, 0.1) is 13.2 Å². The van der Waals surface area contributed by atoms with Crippen molar-refractivity contribution in [3.05, 3.63) is 93.9 Å². The van der Waals surface area contributed by atoms with Crippen molar-refractivity contribution in [3.8, 4) is 11.5 Å². The quantitative estimate of drug-likeness (QED) is 0.459. The van der Waals surface area contributed by atoms with Crippen molar-refractivity contribution in [1.82, 2.24) is 4.57 Å². The fraction of sp³-hybridized carbons (Fsp3) is 0.240. The van der Waals surface area contributed by atoms with Crippen LogP contribution < -0.4 is 15.0 Å². The van der Waals surface area contributed by atoms with E-state index in [1.54, 1.807) is 29.0 Å². The summed E-state index contributed by atoms with van der Waals surface area (Å²) in [4.78, 5) is 12.4. The highest BCUT2D eigenvalue weighted by atomic mass is 19.3. The topological polar surface area (TPSA) is 40.5 Å². The SMILES string of the molecule is O=c1cc(/C=C/c2ccc(OC(F)F)c(OCC3CC3)c2)ccn1Cc1ccccc1. The lowest BCUT2D eigenvalue weighted by atomic mass is 10.1. The standard InChI is InChI=1S/C25H23F2NO3/c26-25(27)31-22-11-10-18(14-23(22)30-17-21-8-9-21)6-7-19-12-13-28(24(29)15-19)16-20-4-2-1-3-5-20/h1-7,10-15,21,25H,8-9,16-17H2/b7-6+. The number of halogens is 2. The van der Waals surface area contributed by atoms with E-state index in [0.29, 0.717) is 24.8 Å². The van der Waals surface area contributed by atoms with E-state index in [9.17, 15) is 13.6 Å². The van der Waals surface area contributed by atoms with E-state index >= 15 is 0 Å². The Bertz CT molecular complexity index is 1110. The van der Waals surface area contributed by atoms with E-state index < -0.39 is 6.61 Å².